The van der Waals surface area contributed by atoms with Crippen molar-refractivity contribution in [3.05, 3.63) is 29.8 Å². The van der Waals surface area contributed by atoms with Gasteiger partial charge in [-0.1, -0.05) is 12.1 Å². The molecule has 0 unspecified atom stereocenters. The SMILES string of the molecule is COc1cccc(COCCCC(C)(C)C#N)c1. The summed E-state index contributed by atoms with van der Waals surface area (Å²) >= 11 is 0. The lowest BCUT2D eigenvalue weighted by Crippen LogP contribution is -2.09. The first-order chi connectivity index (χ1) is 8.57. The predicted octanol–water partition coefficient (Wildman–Crippen LogP) is 3.54. The molecule has 3 heteroatoms. The van der Waals surface area contributed by atoms with E-state index in [4.69, 9.17) is 14.7 Å². The molecule has 98 valence electrons. The molecule has 0 aliphatic heterocycles. The number of hydrogen-bond acceptors (Lipinski definition) is 3. The highest BCUT2D eigenvalue weighted by molar-refractivity contribution is 5.27. The van der Waals surface area contributed by atoms with Gasteiger partial charge in [-0.2, -0.15) is 5.26 Å². The zero-order valence-electron chi connectivity index (χ0n) is 11.4. The normalized spacial score (nSPS) is 11.0. The molecule has 0 aromatic heterocycles. The van der Waals surface area contributed by atoms with Crippen molar-refractivity contribution in [2.45, 2.75) is 33.3 Å². The fraction of sp³-hybridized carbons (Fsp3) is 0.533. The first-order valence-electron chi connectivity index (χ1n) is 6.19. The predicted molar refractivity (Wildman–Crippen MR) is 71.3 cm³/mol. The first kappa shape index (κ1) is 14.5. The highest BCUT2D eigenvalue weighted by Crippen LogP contribution is 2.20. The smallest absolute Gasteiger partial charge is 0.119 e. The van der Waals surface area contributed by atoms with E-state index in [-0.39, 0.29) is 5.41 Å². The number of ether oxygens (including phenoxy) is 2. The molecule has 0 radical (unpaired) electrons. The number of hydrogen-bond donors (Lipinski definition) is 0. The summed E-state index contributed by atoms with van der Waals surface area (Å²) in [5, 5.41) is 8.88. The Hall–Kier alpha value is -1.53. The van der Waals surface area contributed by atoms with Crippen molar-refractivity contribution in [2.24, 2.45) is 5.41 Å². The van der Waals surface area contributed by atoms with Gasteiger partial charge in [0.25, 0.3) is 0 Å². The number of rotatable bonds is 7. The maximum absolute atomic E-state index is 8.88. The largest absolute Gasteiger partial charge is 0.497 e. The van der Waals surface area contributed by atoms with E-state index in [9.17, 15) is 0 Å². The minimum absolute atomic E-state index is 0.251. The van der Waals surface area contributed by atoms with E-state index in [0.717, 1.165) is 24.2 Å². The zero-order valence-corrected chi connectivity index (χ0v) is 11.4. The topological polar surface area (TPSA) is 42.2 Å². The zero-order chi connectivity index (χ0) is 13.4. The maximum Gasteiger partial charge on any atom is 0.119 e. The van der Waals surface area contributed by atoms with E-state index in [2.05, 4.69) is 6.07 Å². The van der Waals surface area contributed by atoms with E-state index in [1.807, 2.05) is 38.1 Å². The summed E-state index contributed by atoms with van der Waals surface area (Å²) in [6.45, 7) is 5.18. The van der Waals surface area contributed by atoms with Crippen molar-refractivity contribution in [1.82, 2.24) is 0 Å². The average Bonchev–Trinajstić information content (AvgIpc) is 2.38. The van der Waals surface area contributed by atoms with Crippen molar-refractivity contribution in [3.63, 3.8) is 0 Å². The van der Waals surface area contributed by atoms with Crippen molar-refractivity contribution in [2.75, 3.05) is 13.7 Å². The lowest BCUT2D eigenvalue weighted by molar-refractivity contribution is 0.112. The molecule has 0 amide bonds. The second kappa shape index (κ2) is 7.03. The van der Waals surface area contributed by atoms with Gasteiger partial charge in [0.2, 0.25) is 0 Å². The number of benzene rings is 1. The lowest BCUT2D eigenvalue weighted by atomic mass is 9.90. The van der Waals surface area contributed by atoms with Crippen LogP contribution in [0.2, 0.25) is 0 Å². The van der Waals surface area contributed by atoms with Crippen LogP contribution < -0.4 is 4.74 Å². The third-order valence-corrected chi connectivity index (χ3v) is 2.80. The van der Waals surface area contributed by atoms with Gasteiger partial charge in [-0.25, -0.2) is 0 Å². The first-order valence-corrected chi connectivity index (χ1v) is 6.19. The quantitative estimate of drug-likeness (QED) is 0.692. The van der Waals surface area contributed by atoms with Gasteiger partial charge in [-0.05, 0) is 44.4 Å². The van der Waals surface area contributed by atoms with Crippen LogP contribution in [0, 0.1) is 16.7 Å². The standard InChI is InChI=1S/C15H21NO2/c1-15(2,12-16)8-5-9-18-11-13-6-4-7-14(10-13)17-3/h4,6-7,10H,5,8-9,11H2,1-3H3. The summed E-state index contributed by atoms with van der Waals surface area (Å²) in [6, 6.07) is 10.2. The Morgan fingerprint density at radius 3 is 2.78 bits per heavy atom. The van der Waals surface area contributed by atoms with Crippen molar-refractivity contribution >= 4 is 0 Å². The van der Waals surface area contributed by atoms with Crippen LogP contribution in [0.3, 0.4) is 0 Å². The molecule has 1 aromatic carbocycles. The fourth-order valence-electron chi connectivity index (χ4n) is 1.62. The van der Waals surface area contributed by atoms with Crippen LogP contribution in [0.4, 0.5) is 0 Å². The minimum Gasteiger partial charge on any atom is -0.497 e. The summed E-state index contributed by atoms with van der Waals surface area (Å²) in [7, 11) is 1.66. The molecule has 0 fully saturated rings. The number of nitriles is 1. The van der Waals surface area contributed by atoms with Crippen LogP contribution in [-0.2, 0) is 11.3 Å². The molecule has 0 aliphatic rings. The van der Waals surface area contributed by atoms with Crippen molar-refractivity contribution in [1.29, 1.82) is 5.26 Å². The van der Waals surface area contributed by atoms with Crippen LogP contribution in [0.25, 0.3) is 0 Å². The second-order valence-electron chi connectivity index (χ2n) is 5.00. The molecule has 0 heterocycles. The summed E-state index contributed by atoms with van der Waals surface area (Å²) in [5.41, 5.74) is 0.855. The summed E-state index contributed by atoms with van der Waals surface area (Å²) in [5.74, 6) is 0.849. The van der Waals surface area contributed by atoms with E-state index < -0.39 is 0 Å². The molecule has 0 atom stereocenters. The molecule has 18 heavy (non-hydrogen) atoms. The molecule has 3 nitrogen and oxygen atoms in total. The monoisotopic (exact) mass is 247 g/mol. The van der Waals surface area contributed by atoms with Gasteiger partial charge in [0.05, 0.1) is 25.2 Å². The highest BCUT2D eigenvalue weighted by Gasteiger charge is 2.15. The van der Waals surface area contributed by atoms with Crippen LogP contribution in [0.1, 0.15) is 32.3 Å². The average molecular weight is 247 g/mol. The Balaban J connectivity index is 2.24. The third-order valence-electron chi connectivity index (χ3n) is 2.80. The molecule has 0 aliphatic carbocycles. The van der Waals surface area contributed by atoms with Gasteiger partial charge in [0.1, 0.15) is 5.75 Å². The third kappa shape index (κ3) is 5.20. The fourth-order valence-corrected chi connectivity index (χ4v) is 1.62. The van der Waals surface area contributed by atoms with E-state index in [1.54, 1.807) is 7.11 Å². The molecule has 0 saturated heterocycles. The molecule has 1 aromatic rings. The van der Waals surface area contributed by atoms with Gasteiger partial charge in [0, 0.05) is 6.61 Å². The summed E-state index contributed by atoms with van der Waals surface area (Å²) < 4.78 is 10.7. The number of methoxy groups -OCH3 is 1. The van der Waals surface area contributed by atoms with Gasteiger partial charge in [0.15, 0.2) is 0 Å². The summed E-state index contributed by atoms with van der Waals surface area (Å²) in [6.07, 6.45) is 1.77. The molecule has 1 rings (SSSR count). The van der Waals surface area contributed by atoms with Crippen molar-refractivity contribution < 1.29 is 9.47 Å². The molecule has 0 saturated carbocycles. The Morgan fingerprint density at radius 1 is 1.33 bits per heavy atom. The van der Waals surface area contributed by atoms with Crippen molar-refractivity contribution in [3.8, 4) is 11.8 Å². The molecular weight excluding hydrogens is 226 g/mol. The minimum atomic E-state index is -0.251. The van der Waals surface area contributed by atoms with E-state index in [1.165, 1.54) is 0 Å². The Labute approximate surface area is 109 Å². The van der Waals surface area contributed by atoms with Crippen LogP contribution in [0.15, 0.2) is 24.3 Å². The number of nitrogens with zero attached hydrogens (tertiary/aromatic N) is 1. The Morgan fingerprint density at radius 2 is 2.11 bits per heavy atom. The maximum atomic E-state index is 8.88. The van der Waals surface area contributed by atoms with E-state index in [0.29, 0.717) is 13.2 Å². The molecule has 0 spiro atoms. The van der Waals surface area contributed by atoms with Gasteiger partial charge < -0.3 is 9.47 Å². The molecular formula is C15H21NO2. The lowest BCUT2D eigenvalue weighted by Gasteiger charge is -2.14. The molecule has 0 bridgehead atoms. The highest BCUT2D eigenvalue weighted by atomic mass is 16.5. The van der Waals surface area contributed by atoms with Crippen LogP contribution >= 0.6 is 0 Å². The molecule has 0 N–H and O–H groups in total. The Bertz CT molecular complexity index is 407. The van der Waals surface area contributed by atoms with Gasteiger partial charge in [-0.15, -0.1) is 0 Å². The van der Waals surface area contributed by atoms with Crippen LogP contribution in [-0.4, -0.2) is 13.7 Å². The van der Waals surface area contributed by atoms with Gasteiger partial charge in [-0.3, -0.25) is 0 Å². The second-order valence-corrected chi connectivity index (χ2v) is 5.00. The van der Waals surface area contributed by atoms with Gasteiger partial charge >= 0.3 is 0 Å². The summed E-state index contributed by atoms with van der Waals surface area (Å²) in [4.78, 5) is 0. The Kier molecular flexibility index (Phi) is 5.67. The van der Waals surface area contributed by atoms with Crippen LogP contribution in [0.5, 0.6) is 5.75 Å². The van der Waals surface area contributed by atoms with E-state index >= 15 is 0 Å².